The molecule has 0 aliphatic carbocycles. The number of halogens is 3. The molecule has 3 nitrogen and oxygen atoms in total. The topological polar surface area (TPSA) is 28.2 Å². The zero-order valence-electron chi connectivity index (χ0n) is 12.5. The largest absolute Gasteiger partial charge is 0.401 e. The summed E-state index contributed by atoms with van der Waals surface area (Å²) in [7, 11) is 0. The van der Waals surface area contributed by atoms with E-state index in [1.807, 2.05) is 0 Å². The van der Waals surface area contributed by atoms with Gasteiger partial charge in [-0.05, 0) is 19.8 Å². The second kappa shape index (κ2) is 7.07. The summed E-state index contributed by atoms with van der Waals surface area (Å²) in [5.41, 5.74) is 1.16. The van der Waals surface area contributed by atoms with E-state index in [1.165, 1.54) is 9.78 Å². The molecule has 1 aromatic heterocycles. The van der Waals surface area contributed by atoms with Gasteiger partial charge in [-0.1, -0.05) is 6.92 Å². The van der Waals surface area contributed by atoms with Crippen LogP contribution in [0.5, 0.6) is 0 Å². The normalized spacial score (nSPS) is 20.3. The van der Waals surface area contributed by atoms with Gasteiger partial charge in [0.05, 0.1) is 17.2 Å². The van der Waals surface area contributed by atoms with Crippen molar-refractivity contribution in [2.24, 2.45) is 0 Å². The Morgan fingerprint density at radius 3 is 2.81 bits per heavy atom. The number of rotatable bonds is 6. The third-order valence-electron chi connectivity index (χ3n) is 3.72. The molecule has 1 fully saturated rings. The van der Waals surface area contributed by atoms with E-state index in [0.717, 1.165) is 36.5 Å². The lowest BCUT2D eigenvalue weighted by atomic mass is 10.2. The van der Waals surface area contributed by atoms with Gasteiger partial charge in [0.15, 0.2) is 0 Å². The predicted molar refractivity (Wildman–Crippen MR) is 78.8 cm³/mol. The molecule has 2 heterocycles. The molecule has 0 radical (unpaired) electrons. The molecule has 1 aliphatic rings. The summed E-state index contributed by atoms with van der Waals surface area (Å²) in [5, 5.41) is 4.46. The number of thiazole rings is 1. The maximum Gasteiger partial charge on any atom is 0.401 e. The van der Waals surface area contributed by atoms with E-state index in [1.54, 1.807) is 11.3 Å². The van der Waals surface area contributed by atoms with Crippen molar-refractivity contribution in [2.75, 3.05) is 26.2 Å². The Morgan fingerprint density at radius 1 is 1.43 bits per heavy atom. The molecule has 1 atom stereocenters. The third-order valence-corrected chi connectivity index (χ3v) is 4.79. The van der Waals surface area contributed by atoms with Gasteiger partial charge in [-0.2, -0.15) is 13.2 Å². The van der Waals surface area contributed by atoms with Crippen LogP contribution in [0.1, 0.15) is 28.9 Å². The van der Waals surface area contributed by atoms with E-state index in [4.69, 9.17) is 0 Å². The fourth-order valence-electron chi connectivity index (χ4n) is 2.70. The summed E-state index contributed by atoms with van der Waals surface area (Å²) in [6, 6.07) is 0.166. The first-order valence-electron chi connectivity index (χ1n) is 7.35. The highest BCUT2D eigenvalue weighted by Gasteiger charge is 2.34. The van der Waals surface area contributed by atoms with Gasteiger partial charge in [0, 0.05) is 37.0 Å². The second-order valence-corrected chi connectivity index (χ2v) is 6.79. The van der Waals surface area contributed by atoms with Gasteiger partial charge in [-0.15, -0.1) is 11.3 Å². The highest BCUT2D eigenvalue weighted by molar-refractivity contribution is 7.11. The number of hydrogen-bond donors (Lipinski definition) is 1. The molecule has 0 amide bonds. The van der Waals surface area contributed by atoms with Crippen molar-refractivity contribution in [3.8, 4) is 0 Å². The van der Waals surface area contributed by atoms with Crippen LogP contribution in [0.3, 0.4) is 0 Å². The number of likely N-dealkylation sites (tertiary alicyclic amines) is 1. The molecule has 2 rings (SSSR count). The van der Waals surface area contributed by atoms with Gasteiger partial charge in [-0.3, -0.25) is 4.90 Å². The number of aromatic nitrogens is 1. The van der Waals surface area contributed by atoms with Crippen LogP contribution >= 0.6 is 11.3 Å². The van der Waals surface area contributed by atoms with Crippen molar-refractivity contribution in [3.05, 3.63) is 15.6 Å². The van der Waals surface area contributed by atoms with E-state index in [9.17, 15) is 13.2 Å². The van der Waals surface area contributed by atoms with Crippen LogP contribution in [0.15, 0.2) is 0 Å². The van der Waals surface area contributed by atoms with Crippen molar-refractivity contribution >= 4 is 11.3 Å². The SMILES string of the molecule is CCc1nc(CCN[C@H]2CCN(CC(F)(F)F)C2)sc1C. The van der Waals surface area contributed by atoms with Crippen molar-refractivity contribution in [1.29, 1.82) is 0 Å². The smallest absolute Gasteiger partial charge is 0.312 e. The average molecular weight is 321 g/mol. The number of hydrogen-bond acceptors (Lipinski definition) is 4. The Hall–Kier alpha value is -0.660. The van der Waals surface area contributed by atoms with Crippen LogP contribution < -0.4 is 5.32 Å². The molecule has 1 aromatic rings. The summed E-state index contributed by atoms with van der Waals surface area (Å²) < 4.78 is 36.9. The summed E-state index contributed by atoms with van der Waals surface area (Å²) in [6.07, 6.45) is -1.51. The highest BCUT2D eigenvalue weighted by Crippen LogP contribution is 2.20. The first-order chi connectivity index (χ1) is 9.87. The predicted octanol–water partition coefficient (Wildman–Crippen LogP) is 2.78. The molecule has 0 unspecified atom stereocenters. The molecule has 1 saturated heterocycles. The summed E-state index contributed by atoms with van der Waals surface area (Å²) in [4.78, 5) is 7.32. The number of alkyl halides is 3. The summed E-state index contributed by atoms with van der Waals surface area (Å²) >= 11 is 1.72. The number of nitrogens with one attached hydrogen (secondary N) is 1. The zero-order chi connectivity index (χ0) is 15.5. The van der Waals surface area contributed by atoms with Gasteiger partial charge in [-0.25, -0.2) is 4.98 Å². The molecular weight excluding hydrogens is 299 g/mol. The van der Waals surface area contributed by atoms with Crippen LogP contribution in [0.25, 0.3) is 0 Å². The van der Waals surface area contributed by atoms with Gasteiger partial charge in [0.25, 0.3) is 0 Å². The Balaban J connectivity index is 1.70. The fraction of sp³-hybridized carbons (Fsp3) is 0.786. The molecule has 0 bridgehead atoms. The molecular formula is C14H22F3N3S. The Bertz CT molecular complexity index is 459. The Kier molecular flexibility index (Phi) is 5.62. The molecule has 21 heavy (non-hydrogen) atoms. The highest BCUT2D eigenvalue weighted by atomic mass is 32.1. The van der Waals surface area contributed by atoms with Crippen molar-refractivity contribution in [1.82, 2.24) is 15.2 Å². The van der Waals surface area contributed by atoms with Crippen molar-refractivity contribution in [3.63, 3.8) is 0 Å². The van der Waals surface area contributed by atoms with E-state index in [0.29, 0.717) is 13.1 Å². The molecule has 7 heteroatoms. The second-order valence-electron chi connectivity index (χ2n) is 5.50. The minimum absolute atomic E-state index is 0.166. The molecule has 1 N–H and O–H groups in total. The molecule has 0 aromatic carbocycles. The fourth-order valence-corrected chi connectivity index (χ4v) is 3.72. The molecule has 1 aliphatic heterocycles. The number of nitrogens with zero attached hydrogens (tertiary/aromatic N) is 2. The van der Waals surface area contributed by atoms with E-state index >= 15 is 0 Å². The monoisotopic (exact) mass is 321 g/mol. The zero-order valence-corrected chi connectivity index (χ0v) is 13.3. The Morgan fingerprint density at radius 2 is 2.19 bits per heavy atom. The van der Waals surface area contributed by atoms with Crippen molar-refractivity contribution in [2.45, 2.75) is 45.3 Å². The van der Waals surface area contributed by atoms with Crippen LogP contribution in [-0.4, -0.2) is 48.3 Å². The Labute approximate surface area is 127 Å². The molecule has 0 spiro atoms. The maximum absolute atomic E-state index is 12.3. The standard InChI is InChI=1S/C14H22F3N3S/c1-3-12-10(2)21-13(19-12)4-6-18-11-5-7-20(8-11)9-14(15,16)17/h11,18H,3-9H2,1-2H3/t11-/m0/s1. The van der Waals surface area contributed by atoms with Crippen LogP contribution in [0.4, 0.5) is 13.2 Å². The summed E-state index contributed by atoms with van der Waals surface area (Å²) in [6.45, 7) is 5.17. The first kappa shape index (κ1) is 16.7. The summed E-state index contributed by atoms with van der Waals surface area (Å²) in [5.74, 6) is 0. The van der Waals surface area contributed by atoms with Gasteiger partial charge in [0.2, 0.25) is 0 Å². The van der Waals surface area contributed by atoms with Gasteiger partial charge in [0.1, 0.15) is 0 Å². The van der Waals surface area contributed by atoms with Crippen LogP contribution in [0.2, 0.25) is 0 Å². The van der Waals surface area contributed by atoms with Crippen molar-refractivity contribution < 1.29 is 13.2 Å². The maximum atomic E-state index is 12.3. The first-order valence-corrected chi connectivity index (χ1v) is 8.16. The van der Waals surface area contributed by atoms with Gasteiger partial charge >= 0.3 is 6.18 Å². The van der Waals surface area contributed by atoms with Crippen LogP contribution in [0, 0.1) is 6.92 Å². The van der Waals surface area contributed by atoms with E-state index < -0.39 is 12.7 Å². The molecule has 0 saturated carbocycles. The minimum atomic E-state index is -4.09. The average Bonchev–Trinajstić information content (AvgIpc) is 2.94. The quantitative estimate of drug-likeness (QED) is 0.873. The van der Waals surface area contributed by atoms with Gasteiger partial charge < -0.3 is 5.32 Å². The minimum Gasteiger partial charge on any atom is -0.312 e. The third kappa shape index (κ3) is 5.23. The lowest BCUT2D eigenvalue weighted by molar-refractivity contribution is -0.143. The lowest BCUT2D eigenvalue weighted by Crippen LogP contribution is -2.37. The lowest BCUT2D eigenvalue weighted by Gasteiger charge is -2.18. The van der Waals surface area contributed by atoms with E-state index in [2.05, 4.69) is 24.1 Å². The van der Waals surface area contributed by atoms with E-state index in [-0.39, 0.29) is 6.04 Å². The van der Waals surface area contributed by atoms with Crippen LogP contribution in [-0.2, 0) is 12.8 Å². The molecule has 120 valence electrons. The number of aryl methyl sites for hydroxylation is 2.